The molecule has 0 aromatic heterocycles. The SMILES string of the molecule is CC(S)CC(=O)OCCOc1ccc(C(C)(C)c2ccc(OCCOC(=O)CC(C)S)cc2)cc1. The lowest BCUT2D eigenvalue weighted by molar-refractivity contribution is -0.145. The first-order chi connectivity index (χ1) is 16.6. The third-order valence-electron chi connectivity index (χ3n) is 5.31. The Hall–Kier alpha value is -2.32. The number of rotatable bonds is 14. The standard InChI is InChI=1S/C27H36O6S2/c1-19(34)17-25(28)32-15-13-30-23-9-5-21(6-10-23)27(3,4)22-7-11-24(12-8-22)31-14-16-33-26(29)18-20(2)35/h5-12,19-20,34-35H,13-18H2,1-4H3. The summed E-state index contributed by atoms with van der Waals surface area (Å²) in [6.07, 6.45) is 0.567. The molecule has 192 valence electrons. The minimum absolute atomic E-state index is 0.0216. The molecule has 8 heteroatoms. The summed E-state index contributed by atoms with van der Waals surface area (Å²) in [7, 11) is 0. The Morgan fingerprint density at radius 1 is 0.686 bits per heavy atom. The minimum atomic E-state index is -0.271. The van der Waals surface area contributed by atoms with Crippen molar-refractivity contribution in [2.24, 2.45) is 0 Å². The summed E-state index contributed by atoms with van der Waals surface area (Å²) < 4.78 is 21.6. The van der Waals surface area contributed by atoms with Crippen molar-refractivity contribution in [1.29, 1.82) is 0 Å². The lowest BCUT2D eigenvalue weighted by atomic mass is 9.78. The van der Waals surface area contributed by atoms with E-state index >= 15 is 0 Å². The van der Waals surface area contributed by atoms with E-state index in [9.17, 15) is 9.59 Å². The van der Waals surface area contributed by atoms with E-state index in [1.54, 1.807) is 0 Å². The van der Waals surface area contributed by atoms with Gasteiger partial charge in [-0.15, -0.1) is 0 Å². The van der Waals surface area contributed by atoms with Crippen LogP contribution in [0.5, 0.6) is 11.5 Å². The van der Waals surface area contributed by atoms with Gasteiger partial charge in [-0.1, -0.05) is 52.0 Å². The summed E-state index contributed by atoms with van der Waals surface area (Å²) in [6.45, 7) is 9.01. The maximum absolute atomic E-state index is 11.5. The molecule has 0 radical (unpaired) electrons. The van der Waals surface area contributed by atoms with E-state index in [2.05, 4.69) is 39.1 Å². The van der Waals surface area contributed by atoms with Gasteiger partial charge in [0.05, 0.1) is 12.8 Å². The smallest absolute Gasteiger partial charge is 0.307 e. The average Bonchev–Trinajstić information content (AvgIpc) is 2.79. The highest BCUT2D eigenvalue weighted by atomic mass is 32.1. The third-order valence-corrected chi connectivity index (χ3v) is 5.67. The van der Waals surface area contributed by atoms with Crippen LogP contribution in [0.1, 0.15) is 51.7 Å². The number of hydrogen-bond donors (Lipinski definition) is 2. The molecule has 0 saturated carbocycles. The molecule has 0 fully saturated rings. The van der Waals surface area contributed by atoms with Crippen LogP contribution >= 0.6 is 25.3 Å². The Morgan fingerprint density at radius 3 is 1.34 bits per heavy atom. The summed E-state index contributed by atoms with van der Waals surface area (Å²) in [5, 5.41) is -0.0431. The van der Waals surface area contributed by atoms with Gasteiger partial charge in [-0.05, 0) is 35.4 Å². The van der Waals surface area contributed by atoms with E-state index < -0.39 is 0 Å². The van der Waals surface area contributed by atoms with Crippen LogP contribution < -0.4 is 9.47 Å². The second-order valence-corrected chi connectivity index (χ2v) is 10.7. The molecule has 0 aliphatic heterocycles. The fraction of sp³-hybridized carbons (Fsp3) is 0.481. The van der Waals surface area contributed by atoms with Crippen molar-refractivity contribution in [1.82, 2.24) is 0 Å². The molecule has 0 N–H and O–H groups in total. The summed E-state index contributed by atoms with van der Waals surface area (Å²) >= 11 is 8.36. The summed E-state index contributed by atoms with van der Waals surface area (Å²) in [4.78, 5) is 23.1. The second kappa shape index (κ2) is 14.3. The first-order valence-corrected chi connectivity index (χ1v) is 12.7. The highest BCUT2D eigenvalue weighted by molar-refractivity contribution is 7.81. The van der Waals surface area contributed by atoms with Gasteiger partial charge in [0.2, 0.25) is 0 Å². The zero-order valence-corrected chi connectivity index (χ0v) is 22.6. The van der Waals surface area contributed by atoms with Gasteiger partial charge in [0.25, 0.3) is 0 Å². The molecule has 6 nitrogen and oxygen atoms in total. The molecule has 0 aliphatic rings. The molecule has 2 unspecified atom stereocenters. The molecule has 2 rings (SSSR count). The predicted molar refractivity (Wildman–Crippen MR) is 144 cm³/mol. The van der Waals surface area contributed by atoms with Gasteiger partial charge >= 0.3 is 11.9 Å². The molecule has 35 heavy (non-hydrogen) atoms. The molecular formula is C27H36O6S2. The van der Waals surface area contributed by atoms with Gasteiger partial charge in [-0.2, -0.15) is 25.3 Å². The number of ether oxygens (including phenoxy) is 4. The lowest BCUT2D eigenvalue weighted by Gasteiger charge is -2.26. The second-order valence-electron chi connectivity index (χ2n) is 8.92. The van der Waals surface area contributed by atoms with Crippen molar-refractivity contribution in [2.45, 2.75) is 56.5 Å². The summed E-state index contributed by atoms with van der Waals surface area (Å²) in [6, 6.07) is 15.8. The lowest BCUT2D eigenvalue weighted by Crippen LogP contribution is -2.19. The number of esters is 2. The molecule has 0 aliphatic carbocycles. The van der Waals surface area contributed by atoms with E-state index in [4.69, 9.17) is 18.9 Å². The van der Waals surface area contributed by atoms with Crippen molar-refractivity contribution in [2.75, 3.05) is 26.4 Å². The molecule has 0 heterocycles. The molecule has 0 amide bonds. The first-order valence-electron chi connectivity index (χ1n) is 11.7. The van der Waals surface area contributed by atoms with Crippen molar-refractivity contribution < 1.29 is 28.5 Å². The van der Waals surface area contributed by atoms with Gasteiger partial charge < -0.3 is 18.9 Å². The number of thiol groups is 2. The van der Waals surface area contributed by atoms with Crippen molar-refractivity contribution >= 4 is 37.2 Å². The van der Waals surface area contributed by atoms with E-state index in [1.165, 1.54) is 0 Å². The topological polar surface area (TPSA) is 71.1 Å². The fourth-order valence-electron chi connectivity index (χ4n) is 3.33. The Balaban J connectivity index is 1.82. The molecule has 0 bridgehead atoms. The normalized spacial score (nSPS) is 13.0. The third kappa shape index (κ3) is 10.4. The molecule has 0 saturated heterocycles. The minimum Gasteiger partial charge on any atom is -0.490 e. The van der Waals surface area contributed by atoms with Crippen molar-refractivity contribution in [3.63, 3.8) is 0 Å². The van der Waals surface area contributed by atoms with E-state index in [1.807, 2.05) is 62.4 Å². The fourth-order valence-corrected chi connectivity index (χ4v) is 3.63. The van der Waals surface area contributed by atoms with Crippen LogP contribution in [-0.4, -0.2) is 48.9 Å². The molecule has 0 spiro atoms. The van der Waals surface area contributed by atoms with Gasteiger partial charge in [0, 0.05) is 15.9 Å². The first kappa shape index (κ1) is 28.9. The van der Waals surface area contributed by atoms with Crippen LogP contribution in [0.15, 0.2) is 48.5 Å². The molecule has 2 aromatic carbocycles. The molecular weight excluding hydrogens is 484 g/mol. The van der Waals surface area contributed by atoms with E-state index in [0.29, 0.717) is 13.2 Å². The number of hydrogen-bond acceptors (Lipinski definition) is 8. The predicted octanol–water partition coefficient (Wildman–Crippen LogP) is 5.27. The number of benzene rings is 2. The Bertz CT molecular complexity index is 848. The van der Waals surface area contributed by atoms with Gasteiger partial charge in [0.15, 0.2) is 0 Å². The van der Waals surface area contributed by atoms with Gasteiger partial charge in [0.1, 0.15) is 37.9 Å². The average molecular weight is 521 g/mol. The van der Waals surface area contributed by atoms with Crippen LogP contribution in [-0.2, 0) is 24.5 Å². The zero-order chi connectivity index (χ0) is 25.8. The van der Waals surface area contributed by atoms with Crippen molar-refractivity contribution in [3.05, 3.63) is 59.7 Å². The maximum atomic E-state index is 11.5. The van der Waals surface area contributed by atoms with Crippen LogP contribution in [0.4, 0.5) is 0 Å². The van der Waals surface area contributed by atoms with Crippen LogP contribution in [0.25, 0.3) is 0 Å². The Labute approximate surface area is 219 Å². The molecule has 2 atom stereocenters. The van der Waals surface area contributed by atoms with E-state index in [-0.39, 0.29) is 53.9 Å². The van der Waals surface area contributed by atoms with Crippen LogP contribution in [0.3, 0.4) is 0 Å². The van der Waals surface area contributed by atoms with Gasteiger partial charge in [-0.25, -0.2) is 0 Å². The summed E-state index contributed by atoms with van der Waals surface area (Å²) in [5.74, 6) is 0.895. The summed E-state index contributed by atoms with van der Waals surface area (Å²) in [5.41, 5.74) is 2.05. The number of carbonyl (C=O) groups is 2. The Kier molecular flexibility index (Phi) is 11.8. The maximum Gasteiger partial charge on any atom is 0.307 e. The monoisotopic (exact) mass is 520 g/mol. The van der Waals surface area contributed by atoms with Crippen LogP contribution in [0.2, 0.25) is 0 Å². The van der Waals surface area contributed by atoms with Crippen molar-refractivity contribution in [3.8, 4) is 11.5 Å². The zero-order valence-electron chi connectivity index (χ0n) is 20.9. The highest BCUT2D eigenvalue weighted by Gasteiger charge is 2.23. The quantitative estimate of drug-likeness (QED) is 0.201. The molecule has 2 aromatic rings. The number of carbonyl (C=O) groups excluding carboxylic acids is 2. The van der Waals surface area contributed by atoms with Crippen LogP contribution in [0, 0.1) is 0 Å². The largest absolute Gasteiger partial charge is 0.490 e. The highest BCUT2D eigenvalue weighted by Crippen LogP contribution is 2.33. The Morgan fingerprint density at radius 2 is 1.03 bits per heavy atom. The van der Waals surface area contributed by atoms with E-state index in [0.717, 1.165) is 22.6 Å². The van der Waals surface area contributed by atoms with Gasteiger partial charge in [-0.3, -0.25) is 9.59 Å².